The number of nitro groups is 1. The van der Waals surface area contributed by atoms with E-state index in [0.717, 1.165) is 19.3 Å². The fourth-order valence-corrected chi connectivity index (χ4v) is 5.56. The summed E-state index contributed by atoms with van der Waals surface area (Å²) in [6, 6.07) is 0. The minimum Gasteiger partial charge on any atom is -0.468 e. The monoisotopic (exact) mass is 362 g/mol. The molecule has 1 N–H and O–H groups in total. The van der Waals surface area contributed by atoms with Gasteiger partial charge in [0.25, 0.3) is 5.91 Å². The van der Waals surface area contributed by atoms with E-state index in [1.165, 1.54) is 32.6 Å². The lowest BCUT2D eigenvalue weighted by molar-refractivity contribution is -0.385. The number of methoxy groups -OCH3 is 1. The first-order valence-corrected chi connectivity index (χ1v) is 9.00. The van der Waals surface area contributed by atoms with Gasteiger partial charge >= 0.3 is 11.7 Å². The summed E-state index contributed by atoms with van der Waals surface area (Å²) in [7, 11) is 1.21. The summed E-state index contributed by atoms with van der Waals surface area (Å²) in [6.07, 6.45) is 8.06. The Labute approximate surface area is 150 Å². The third kappa shape index (κ3) is 2.75. The van der Waals surface area contributed by atoms with E-state index in [9.17, 15) is 19.7 Å². The molecule has 4 aliphatic rings. The van der Waals surface area contributed by atoms with Crippen LogP contribution in [0.2, 0.25) is 0 Å². The quantitative estimate of drug-likeness (QED) is 0.483. The van der Waals surface area contributed by atoms with E-state index in [0.29, 0.717) is 17.8 Å². The normalized spacial score (nSPS) is 31.7. The van der Waals surface area contributed by atoms with Gasteiger partial charge in [-0.25, -0.2) is 0 Å². The van der Waals surface area contributed by atoms with Gasteiger partial charge in [-0.3, -0.25) is 24.4 Å². The van der Waals surface area contributed by atoms with Crippen LogP contribution in [0.4, 0.5) is 5.69 Å². The Morgan fingerprint density at radius 1 is 1.31 bits per heavy atom. The van der Waals surface area contributed by atoms with Crippen LogP contribution in [0.5, 0.6) is 0 Å². The molecule has 0 radical (unpaired) electrons. The minimum absolute atomic E-state index is 0.208. The molecule has 0 unspecified atom stereocenters. The van der Waals surface area contributed by atoms with Crippen LogP contribution in [0.1, 0.15) is 49.0 Å². The Hall–Kier alpha value is -2.45. The predicted octanol–water partition coefficient (Wildman–Crippen LogP) is 1.62. The van der Waals surface area contributed by atoms with Gasteiger partial charge in [0.2, 0.25) is 5.69 Å². The lowest BCUT2D eigenvalue weighted by Gasteiger charge is -2.56. The number of carbonyl (C=O) groups is 2. The lowest BCUT2D eigenvalue weighted by Crippen LogP contribution is -2.52. The van der Waals surface area contributed by atoms with Crippen LogP contribution < -0.4 is 5.32 Å². The number of hydrogen-bond acceptors (Lipinski definition) is 6. The van der Waals surface area contributed by atoms with E-state index in [2.05, 4.69) is 15.2 Å². The molecule has 4 saturated carbocycles. The number of nitrogens with zero attached hydrogens (tertiary/aromatic N) is 3. The van der Waals surface area contributed by atoms with Gasteiger partial charge < -0.3 is 10.1 Å². The lowest BCUT2D eigenvalue weighted by atomic mass is 9.53. The number of amides is 1. The van der Waals surface area contributed by atoms with Crippen molar-refractivity contribution in [3.63, 3.8) is 0 Å². The van der Waals surface area contributed by atoms with Gasteiger partial charge in [0.15, 0.2) is 0 Å². The number of rotatable bonds is 5. The molecule has 0 spiro atoms. The van der Waals surface area contributed by atoms with E-state index >= 15 is 0 Å². The average molecular weight is 362 g/mol. The second-order valence-corrected chi connectivity index (χ2v) is 7.97. The molecular formula is C17H22N4O5. The van der Waals surface area contributed by atoms with Gasteiger partial charge in [-0.2, -0.15) is 5.10 Å². The largest absolute Gasteiger partial charge is 0.468 e. The van der Waals surface area contributed by atoms with E-state index in [-0.39, 0.29) is 23.5 Å². The van der Waals surface area contributed by atoms with Gasteiger partial charge in [0, 0.05) is 0 Å². The van der Waals surface area contributed by atoms with Crippen LogP contribution in [0.15, 0.2) is 6.20 Å². The summed E-state index contributed by atoms with van der Waals surface area (Å²) >= 11 is 0. The molecule has 1 heterocycles. The number of aromatic nitrogens is 2. The predicted molar refractivity (Wildman–Crippen MR) is 89.4 cm³/mol. The number of nitrogens with one attached hydrogen (secondary N) is 1. The van der Waals surface area contributed by atoms with Crippen molar-refractivity contribution in [2.75, 3.05) is 13.7 Å². The second kappa shape index (κ2) is 6.07. The van der Waals surface area contributed by atoms with Crippen LogP contribution >= 0.6 is 0 Å². The van der Waals surface area contributed by atoms with Crippen LogP contribution in [0.3, 0.4) is 0 Å². The highest BCUT2D eigenvalue weighted by molar-refractivity contribution is 5.97. The van der Waals surface area contributed by atoms with Gasteiger partial charge in [0.1, 0.15) is 12.7 Å². The molecule has 4 bridgehead atoms. The number of ether oxygens (including phenoxy) is 1. The minimum atomic E-state index is -0.731. The Bertz CT molecular complexity index is 736. The zero-order chi connectivity index (χ0) is 18.5. The summed E-state index contributed by atoms with van der Waals surface area (Å²) < 4.78 is 6.15. The maximum atomic E-state index is 12.3. The summed E-state index contributed by atoms with van der Waals surface area (Å²) in [5.74, 6) is 0.607. The topological polar surface area (TPSA) is 116 Å². The van der Waals surface area contributed by atoms with E-state index in [4.69, 9.17) is 0 Å². The zero-order valence-corrected chi connectivity index (χ0v) is 14.6. The number of esters is 1. The highest BCUT2D eigenvalue weighted by Crippen LogP contribution is 2.58. The smallest absolute Gasteiger partial charge is 0.325 e. The van der Waals surface area contributed by atoms with Gasteiger partial charge in [-0.15, -0.1) is 0 Å². The maximum Gasteiger partial charge on any atom is 0.325 e. The molecule has 0 aliphatic heterocycles. The van der Waals surface area contributed by atoms with Crippen molar-refractivity contribution in [1.82, 2.24) is 15.1 Å². The Balaban J connectivity index is 1.63. The van der Waals surface area contributed by atoms with Gasteiger partial charge in [0.05, 0.1) is 17.6 Å². The van der Waals surface area contributed by atoms with E-state index in [1.54, 1.807) is 4.68 Å². The van der Waals surface area contributed by atoms with Crippen molar-refractivity contribution in [1.29, 1.82) is 0 Å². The standard InChI is InChI=1S/C17H22N4O5/c1-26-14(22)8-18-16(23)15-13(21(24)25)9-20(19-15)17-5-10-2-11(6-17)4-12(3-10)7-17/h9-12H,2-8H2,1H3,(H,18,23). The summed E-state index contributed by atoms with van der Waals surface area (Å²) in [5, 5.41) is 18.1. The molecule has 0 atom stereocenters. The maximum absolute atomic E-state index is 12.3. The first-order chi connectivity index (χ1) is 12.4. The van der Waals surface area contributed by atoms with Crippen molar-refractivity contribution in [3.8, 4) is 0 Å². The Morgan fingerprint density at radius 2 is 1.88 bits per heavy atom. The van der Waals surface area contributed by atoms with Crippen molar-refractivity contribution >= 4 is 17.6 Å². The molecule has 1 aromatic rings. The molecular weight excluding hydrogens is 340 g/mol. The molecule has 9 nitrogen and oxygen atoms in total. The molecule has 4 aliphatic carbocycles. The van der Waals surface area contributed by atoms with Gasteiger partial charge in [-0.05, 0) is 56.3 Å². The molecule has 0 saturated heterocycles. The third-order valence-electron chi connectivity index (χ3n) is 6.22. The van der Waals surface area contributed by atoms with Crippen molar-refractivity contribution in [2.45, 2.75) is 44.1 Å². The van der Waals surface area contributed by atoms with Gasteiger partial charge in [-0.1, -0.05) is 0 Å². The average Bonchev–Trinajstić information content (AvgIpc) is 3.04. The highest BCUT2D eigenvalue weighted by atomic mass is 16.6. The molecule has 140 valence electrons. The van der Waals surface area contributed by atoms with Crippen molar-refractivity contribution < 1.29 is 19.2 Å². The number of carbonyl (C=O) groups excluding carboxylic acids is 2. The number of hydrogen-bond donors (Lipinski definition) is 1. The third-order valence-corrected chi connectivity index (χ3v) is 6.22. The van der Waals surface area contributed by atoms with Crippen molar-refractivity contribution in [2.24, 2.45) is 17.8 Å². The highest BCUT2D eigenvalue weighted by Gasteiger charge is 2.53. The van der Waals surface area contributed by atoms with Crippen LogP contribution in [-0.4, -0.2) is 40.2 Å². The molecule has 4 fully saturated rings. The first-order valence-electron chi connectivity index (χ1n) is 9.00. The molecule has 1 amide bonds. The van der Waals surface area contributed by atoms with Crippen molar-refractivity contribution in [3.05, 3.63) is 22.0 Å². The van der Waals surface area contributed by atoms with E-state index in [1.807, 2.05) is 0 Å². The molecule has 0 aromatic carbocycles. The fourth-order valence-electron chi connectivity index (χ4n) is 5.56. The van der Waals surface area contributed by atoms with Crippen LogP contribution in [0, 0.1) is 27.9 Å². The fraction of sp³-hybridized carbons (Fsp3) is 0.706. The molecule has 1 aromatic heterocycles. The molecule has 26 heavy (non-hydrogen) atoms. The Kier molecular flexibility index (Phi) is 3.96. The summed E-state index contributed by atoms with van der Waals surface area (Å²) in [6.45, 7) is -0.350. The molecule has 9 heteroatoms. The summed E-state index contributed by atoms with van der Waals surface area (Å²) in [5.41, 5.74) is -0.766. The molecule has 5 rings (SSSR count). The Morgan fingerprint density at radius 3 is 2.38 bits per heavy atom. The van der Waals surface area contributed by atoms with Crippen LogP contribution in [-0.2, 0) is 15.1 Å². The first kappa shape index (κ1) is 17.0. The van der Waals surface area contributed by atoms with E-state index < -0.39 is 16.8 Å². The summed E-state index contributed by atoms with van der Waals surface area (Å²) in [4.78, 5) is 34.4. The van der Waals surface area contributed by atoms with Crippen LogP contribution in [0.25, 0.3) is 0 Å². The zero-order valence-electron chi connectivity index (χ0n) is 14.6. The second-order valence-electron chi connectivity index (χ2n) is 7.97. The SMILES string of the molecule is COC(=O)CNC(=O)c1nn(C23CC4CC(CC(C4)C2)C3)cc1[N+](=O)[O-].